The second-order valence-electron chi connectivity index (χ2n) is 5.07. The number of aliphatic hydroxyl groups is 1. The summed E-state index contributed by atoms with van der Waals surface area (Å²) in [7, 11) is 4.39. The Morgan fingerprint density at radius 1 is 1.26 bits per heavy atom. The standard InChI is InChI=1S/C16H19NO6/c1-21-14-6-5-12(8-13(14)17(19)20)16(23-3)9-11(10-18)4-7-15(16)22-2/h4-8,18H,9-10H2,1-3H3. The van der Waals surface area contributed by atoms with Crippen LogP contribution in [0.1, 0.15) is 12.0 Å². The Morgan fingerprint density at radius 3 is 2.52 bits per heavy atom. The molecule has 0 fully saturated rings. The molecule has 2 rings (SSSR count). The molecule has 1 aromatic rings. The summed E-state index contributed by atoms with van der Waals surface area (Å²) >= 11 is 0. The summed E-state index contributed by atoms with van der Waals surface area (Å²) in [5, 5.41) is 20.7. The number of benzene rings is 1. The van der Waals surface area contributed by atoms with E-state index in [-0.39, 0.29) is 18.0 Å². The first-order chi connectivity index (χ1) is 11.0. The molecule has 124 valence electrons. The predicted octanol–water partition coefficient (Wildman–Crippen LogP) is 2.30. The van der Waals surface area contributed by atoms with Crippen molar-refractivity contribution in [1.29, 1.82) is 0 Å². The van der Waals surface area contributed by atoms with E-state index in [1.807, 2.05) is 0 Å². The highest BCUT2D eigenvalue weighted by Gasteiger charge is 2.41. The van der Waals surface area contributed by atoms with Crippen molar-refractivity contribution in [2.24, 2.45) is 0 Å². The molecule has 0 heterocycles. The molecule has 23 heavy (non-hydrogen) atoms. The van der Waals surface area contributed by atoms with Crippen molar-refractivity contribution in [2.75, 3.05) is 27.9 Å². The van der Waals surface area contributed by atoms with Gasteiger partial charge in [-0.2, -0.15) is 0 Å². The highest BCUT2D eigenvalue weighted by Crippen LogP contribution is 2.44. The van der Waals surface area contributed by atoms with Crippen LogP contribution in [0.2, 0.25) is 0 Å². The molecule has 0 aromatic heterocycles. The van der Waals surface area contributed by atoms with E-state index in [1.165, 1.54) is 33.5 Å². The molecule has 1 N–H and O–H groups in total. The van der Waals surface area contributed by atoms with Crippen LogP contribution in [0, 0.1) is 10.1 Å². The van der Waals surface area contributed by atoms with E-state index in [2.05, 4.69) is 0 Å². The van der Waals surface area contributed by atoms with E-state index in [0.717, 1.165) is 5.57 Å². The average molecular weight is 321 g/mol. The summed E-state index contributed by atoms with van der Waals surface area (Å²) in [5.41, 5.74) is 0.112. The van der Waals surface area contributed by atoms with Gasteiger partial charge in [-0.25, -0.2) is 0 Å². The van der Waals surface area contributed by atoms with Gasteiger partial charge in [0, 0.05) is 19.6 Å². The minimum absolute atomic E-state index is 0.128. The lowest BCUT2D eigenvalue weighted by molar-refractivity contribution is -0.385. The van der Waals surface area contributed by atoms with E-state index in [9.17, 15) is 15.2 Å². The molecule has 0 amide bonds. The molecule has 0 saturated carbocycles. The van der Waals surface area contributed by atoms with Gasteiger partial charge < -0.3 is 19.3 Å². The summed E-state index contributed by atoms with van der Waals surface area (Å²) in [6, 6.07) is 4.64. The van der Waals surface area contributed by atoms with E-state index in [4.69, 9.17) is 14.2 Å². The molecule has 0 radical (unpaired) electrons. The number of hydrogen-bond acceptors (Lipinski definition) is 6. The summed E-state index contributed by atoms with van der Waals surface area (Å²) in [4.78, 5) is 10.8. The van der Waals surface area contributed by atoms with Gasteiger partial charge in [0.05, 0.1) is 25.7 Å². The Bertz CT molecular complexity index is 667. The summed E-state index contributed by atoms with van der Waals surface area (Å²) in [6.07, 6.45) is 3.80. The van der Waals surface area contributed by atoms with Gasteiger partial charge in [0.25, 0.3) is 0 Å². The highest BCUT2D eigenvalue weighted by atomic mass is 16.6. The van der Waals surface area contributed by atoms with Crippen molar-refractivity contribution in [2.45, 2.75) is 12.0 Å². The third-order valence-electron chi connectivity index (χ3n) is 3.96. The first-order valence-corrected chi connectivity index (χ1v) is 6.95. The Kier molecular flexibility index (Phi) is 5.02. The Balaban J connectivity index is 2.60. The zero-order chi connectivity index (χ0) is 17.0. The van der Waals surface area contributed by atoms with Gasteiger partial charge in [0.2, 0.25) is 0 Å². The zero-order valence-corrected chi connectivity index (χ0v) is 13.2. The minimum Gasteiger partial charge on any atom is -0.498 e. The SMILES string of the molecule is COC1=CC=C(CO)CC1(OC)c1ccc(OC)c([N+](=O)[O-])c1. The molecule has 1 aromatic carbocycles. The van der Waals surface area contributed by atoms with Gasteiger partial charge in [-0.05, 0) is 23.3 Å². The van der Waals surface area contributed by atoms with Crippen LogP contribution in [-0.4, -0.2) is 38.0 Å². The van der Waals surface area contributed by atoms with Gasteiger partial charge in [0.15, 0.2) is 11.4 Å². The van der Waals surface area contributed by atoms with Crippen LogP contribution in [0.5, 0.6) is 5.75 Å². The molecular weight excluding hydrogens is 302 g/mol. The maximum atomic E-state index is 11.3. The number of rotatable bonds is 6. The molecule has 7 heteroatoms. The maximum Gasteiger partial charge on any atom is 0.311 e. The molecule has 0 saturated heterocycles. The van der Waals surface area contributed by atoms with Gasteiger partial charge in [0.1, 0.15) is 5.76 Å². The molecular formula is C16H19NO6. The van der Waals surface area contributed by atoms with Crippen LogP contribution in [-0.2, 0) is 15.1 Å². The van der Waals surface area contributed by atoms with Crippen molar-refractivity contribution in [1.82, 2.24) is 0 Å². The highest BCUT2D eigenvalue weighted by molar-refractivity contribution is 5.52. The molecule has 1 aliphatic carbocycles. The van der Waals surface area contributed by atoms with E-state index in [1.54, 1.807) is 18.2 Å². The largest absolute Gasteiger partial charge is 0.498 e. The van der Waals surface area contributed by atoms with E-state index < -0.39 is 10.5 Å². The lowest BCUT2D eigenvalue weighted by Crippen LogP contribution is -2.34. The summed E-state index contributed by atoms with van der Waals surface area (Å²) in [5.74, 6) is 0.679. The first-order valence-electron chi connectivity index (χ1n) is 6.95. The predicted molar refractivity (Wildman–Crippen MR) is 83.2 cm³/mol. The summed E-state index contributed by atoms with van der Waals surface area (Å²) < 4.78 is 16.1. The van der Waals surface area contributed by atoms with Crippen LogP contribution in [0.25, 0.3) is 0 Å². The third-order valence-corrected chi connectivity index (χ3v) is 3.96. The fourth-order valence-corrected chi connectivity index (χ4v) is 2.75. The molecule has 0 aliphatic heterocycles. The van der Waals surface area contributed by atoms with Crippen molar-refractivity contribution in [3.05, 3.63) is 57.4 Å². The molecule has 1 aliphatic rings. The van der Waals surface area contributed by atoms with Gasteiger partial charge in [-0.1, -0.05) is 12.1 Å². The fourth-order valence-electron chi connectivity index (χ4n) is 2.75. The zero-order valence-electron chi connectivity index (χ0n) is 13.2. The smallest absolute Gasteiger partial charge is 0.311 e. The van der Waals surface area contributed by atoms with Crippen LogP contribution < -0.4 is 4.74 Å². The maximum absolute atomic E-state index is 11.3. The van der Waals surface area contributed by atoms with Crippen molar-refractivity contribution in [3.8, 4) is 5.75 Å². The van der Waals surface area contributed by atoms with E-state index in [0.29, 0.717) is 17.7 Å². The molecule has 1 atom stereocenters. The van der Waals surface area contributed by atoms with Crippen molar-refractivity contribution >= 4 is 5.69 Å². The second kappa shape index (κ2) is 6.80. The monoisotopic (exact) mass is 321 g/mol. The number of hydrogen-bond donors (Lipinski definition) is 1. The number of nitro benzene ring substituents is 1. The normalized spacial score (nSPS) is 20.5. The van der Waals surface area contributed by atoms with Gasteiger partial charge in [-0.15, -0.1) is 0 Å². The Morgan fingerprint density at radius 2 is 2.00 bits per heavy atom. The third kappa shape index (κ3) is 2.93. The number of nitro groups is 1. The van der Waals surface area contributed by atoms with Gasteiger partial charge in [-0.3, -0.25) is 10.1 Å². The second-order valence-corrected chi connectivity index (χ2v) is 5.07. The van der Waals surface area contributed by atoms with Crippen LogP contribution >= 0.6 is 0 Å². The number of aliphatic hydroxyl groups excluding tert-OH is 1. The Labute approximate surface area is 133 Å². The number of nitrogens with zero attached hydrogens (tertiary/aromatic N) is 1. The topological polar surface area (TPSA) is 91.1 Å². The molecule has 7 nitrogen and oxygen atoms in total. The van der Waals surface area contributed by atoms with Crippen molar-refractivity contribution < 1.29 is 24.2 Å². The molecule has 0 bridgehead atoms. The number of allylic oxidation sites excluding steroid dienone is 2. The lowest BCUT2D eigenvalue weighted by Gasteiger charge is -2.36. The van der Waals surface area contributed by atoms with Crippen molar-refractivity contribution in [3.63, 3.8) is 0 Å². The molecule has 1 unspecified atom stereocenters. The molecule has 0 spiro atoms. The number of ether oxygens (including phenoxy) is 3. The summed E-state index contributed by atoms with van der Waals surface area (Å²) in [6.45, 7) is -0.128. The van der Waals surface area contributed by atoms with E-state index >= 15 is 0 Å². The Hall–Kier alpha value is -2.38. The van der Waals surface area contributed by atoms with Crippen LogP contribution in [0.3, 0.4) is 0 Å². The minimum atomic E-state index is -1.03. The van der Waals surface area contributed by atoms with Crippen LogP contribution in [0.4, 0.5) is 5.69 Å². The lowest BCUT2D eigenvalue weighted by atomic mass is 9.81. The average Bonchev–Trinajstić information content (AvgIpc) is 2.60. The first kappa shape index (κ1) is 17.0. The van der Waals surface area contributed by atoms with Gasteiger partial charge >= 0.3 is 5.69 Å². The van der Waals surface area contributed by atoms with Crippen LogP contribution in [0.15, 0.2) is 41.7 Å². The fraction of sp³-hybridized carbons (Fsp3) is 0.375. The number of methoxy groups -OCH3 is 3. The quantitative estimate of drug-likeness (QED) is 0.638.